The molecule has 0 aliphatic rings. The van der Waals surface area contributed by atoms with Gasteiger partial charge in [-0.15, -0.1) is 11.8 Å². The van der Waals surface area contributed by atoms with Gasteiger partial charge in [0.15, 0.2) is 0 Å². The van der Waals surface area contributed by atoms with E-state index in [0.29, 0.717) is 29.2 Å². The number of rotatable bonds is 10. The molecule has 3 aromatic rings. The molecular weight excluding hydrogens is 464 g/mol. The van der Waals surface area contributed by atoms with Crippen molar-refractivity contribution in [2.45, 2.75) is 11.8 Å². The molecule has 8 heteroatoms. The predicted octanol–water partition coefficient (Wildman–Crippen LogP) is 4.76. The van der Waals surface area contributed by atoms with Crippen LogP contribution in [0.2, 0.25) is 0 Å². The summed E-state index contributed by atoms with van der Waals surface area (Å²) >= 11 is 1.34. The van der Waals surface area contributed by atoms with E-state index in [-0.39, 0.29) is 17.4 Å². The lowest BCUT2D eigenvalue weighted by Gasteiger charge is -2.13. The van der Waals surface area contributed by atoms with Crippen molar-refractivity contribution in [1.29, 1.82) is 0 Å². The van der Waals surface area contributed by atoms with Gasteiger partial charge in [-0.05, 0) is 55.5 Å². The summed E-state index contributed by atoms with van der Waals surface area (Å²) in [5.74, 6) is -0.416. The third-order valence-electron chi connectivity index (χ3n) is 4.74. The smallest absolute Gasteiger partial charge is 0.316 e. The molecule has 0 aliphatic heterocycles. The molecule has 35 heavy (non-hydrogen) atoms. The summed E-state index contributed by atoms with van der Waals surface area (Å²) in [7, 11) is 1.54. The van der Waals surface area contributed by atoms with Gasteiger partial charge in [0.2, 0.25) is 0 Å². The van der Waals surface area contributed by atoms with Gasteiger partial charge < -0.3 is 20.1 Å². The number of para-hydroxylation sites is 1. The van der Waals surface area contributed by atoms with Crippen molar-refractivity contribution in [1.82, 2.24) is 5.32 Å². The maximum atomic E-state index is 13.2. The summed E-state index contributed by atoms with van der Waals surface area (Å²) in [5, 5.41) is 5.51. The van der Waals surface area contributed by atoms with Crippen LogP contribution in [-0.2, 0) is 14.3 Å². The van der Waals surface area contributed by atoms with Gasteiger partial charge in [0.25, 0.3) is 11.8 Å². The summed E-state index contributed by atoms with van der Waals surface area (Å²) < 4.78 is 10.3. The van der Waals surface area contributed by atoms with Crippen LogP contribution in [0, 0.1) is 0 Å². The largest absolute Gasteiger partial charge is 0.496 e. The second-order valence-corrected chi connectivity index (χ2v) is 8.24. The van der Waals surface area contributed by atoms with E-state index in [4.69, 9.17) is 9.47 Å². The Morgan fingerprint density at radius 1 is 0.914 bits per heavy atom. The Labute approximate surface area is 208 Å². The number of esters is 1. The maximum Gasteiger partial charge on any atom is 0.316 e. The van der Waals surface area contributed by atoms with Crippen molar-refractivity contribution in [3.05, 3.63) is 95.7 Å². The zero-order valence-electron chi connectivity index (χ0n) is 19.4. The molecule has 0 atom stereocenters. The van der Waals surface area contributed by atoms with Crippen LogP contribution in [0.15, 0.2) is 89.5 Å². The summed E-state index contributed by atoms with van der Waals surface area (Å²) in [6, 6.07) is 22.9. The van der Waals surface area contributed by atoms with Crippen molar-refractivity contribution < 1.29 is 23.9 Å². The lowest BCUT2D eigenvalue weighted by atomic mass is 10.1. The van der Waals surface area contributed by atoms with Gasteiger partial charge in [0, 0.05) is 21.7 Å². The Morgan fingerprint density at radius 3 is 2.29 bits per heavy atom. The van der Waals surface area contributed by atoms with Gasteiger partial charge in [-0.2, -0.15) is 0 Å². The number of methoxy groups -OCH3 is 1. The molecule has 0 spiro atoms. The quantitative estimate of drug-likeness (QED) is 0.242. The van der Waals surface area contributed by atoms with Crippen LogP contribution in [0.25, 0.3) is 6.08 Å². The number of carbonyl (C=O) groups is 3. The van der Waals surface area contributed by atoms with E-state index in [1.54, 1.807) is 73.7 Å². The number of anilines is 1. The number of hydrogen-bond donors (Lipinski definition) is 2. The van der Waals surface area contributed by atoms with Crippen LogP contribution in [0.3, 0.4) is 0 Å². The molecule has 2 N–H and O–H groups in total. The number of ether oxygens (including phenoxy) is 2. The van der Waals surface area contributed by atoms with E-state index in [9.17, 15) is 14.4 Å². The molecule has 0 aliphatic carbocycles. The summed E-state index contributed by atoms with van der Waals surface area (Å²) in [6.45, 7) is 2.11. The van der Waals surface area contributed by atoms with Crippen LogP contribution < -0.4 is 15.4 Å². The number of thioether (sulfide) groups is 1. The third kappa shape index (κ3) is 7.75. The Hall–Kier alpha value is -4.04. The number of benzene rings is 3. The zero-order chi connectivity index (χ0) is 25.0. The first kappa shape index (κ1) is 25.6. The normalized spacial score (nSPS) is 10.9. The number of carbonyl (C=O) groups excluding carboxylic acids is 3. The van der Waals surface area contributed by atoms with E-state index < -0.39 is 11.8 Å². The van der Waals surface area contributed by atoms with E-state index in [2.05, 4.69) is 10.6 Å². The molecule has 0 saturated heterocycles. The first-order valence-corrected chi connectivity index (χ1v) is 11.9. The van der Waals surface area contributed by atoms with Gasteiger partial charge in [0.1, 0.15) is 11.4 Å². The van der Waals surface area contributed by atoms with Crippen LogP contribution in [-0.4, -0.2) is 37.3 Å². The highest BCUT2D eigenvalue weighted by Gasteiger charge is 2.16. The fourth-order valence-electron chi connectivity index (χ4n) is 3.06. The Kier molecular flexibility index (Phi) is 9.50. The molecule has 0 bridgehead atoms. The molecule has 0 unspecified atom stereocenters. The molecule has 3 aromatic carbocycles. The van der Waals surface area contributed by atoms with E-state index in [1.165, 1.54) is 18.9 Å². The first-order valence-electron chi connectivity index (χ1n) is 10.9. The van der Waals surface area contributed by atoms with Gasteiger partial charge in [-0.1, -0.05) is 36.4 Å². The fourth-order valence-corrected chi connectivity index (χ4v) is 3.76. The second-order valence-electron chi connectivity index (χ2n) is 7.19. The van der Waals surface area contributed by atoms with Crippen LogP contribution in [0.1, 0.15) is 22.8 Å². The van der Waals surface area contributed by atoms with Crippen LogP contribution >= 0.6 is 11.8 Å². The summed E-state index contributed by atoms with van der Waals surface area (Å²) in [5.41, 5.74) is 1.66. The van der Waals surface area contributed by atoms with Crippen molar-refractivity contribution in [2.24, 2.45) is 0 Å². The van der Waals surface area contributed by atoms with Gasteiger partial charge in [-0.25, -0.2) is 0 Å². The van der Waals surface area contributed by atoms with Crippen molar-refractivity contribution >= 4 is 41.3 Å². The van der Waals surface area contributed by atoms with Gasteiger partial charge in [0.05, 0.1) is 19.5 Å². The topological polar surface area (TPSA) is 93.7 Å². The minimum absolute atomic E-state index is 0.0594. The molecule has 0 saturated carbocycles. The SMILES string of the molecule is CCOC(=O)CSc1ccc(NC(=O)/C(=C/c2ccccc2OC)NC(=O)c2ccccc2)cc1. The van der Waals surface area contributed by atoms with Gasteiger partial charge in [-0.3, -0.25) is 14.4 Å². The standard InChI is InChI=1S/C27H26N2O5S/c1-3-34-25(30)18-35-22-15-13-21(14-16-22)28-27(32)23(17-20-11-7-8-12-24(20)33-2)29-26(31)19-9-5-4-6-10-19/h4-17H,3,18H2,1-2H3,(H,28,32)(H,29,31)/b23-17-. The Bertz CT molecular complexity index is 1190. The van der Waals surface area contributed by atoms with Crippen molar-refractivity contribution in [3.8, 4) is 5.75 Å². The highest BCUT2D eigenvalue weighted by atomic mass is 32.2. The minimum atomic E-state index is -0.493. The van der Waals surface area contributed by atoms with E-state index >= 15 is 0 Å². The maximum absolute atomic E-state index is 13.2. The first-order chi connectivity index (χ1) is 17.0. The molecule has 0 fully saturated rings. The summed E-state index contributed by atoms with van der Waals surface area (Å²) in [6.07, 6.45) is 1.57. The molecular formula is C27H26N2O5S. The average Bonchev–Trinajstić information content (AvgIpc) is 2.88. The van der Waals surface area contributed by atoms with Crippen LogP contribution in [0.4, 0.5) is 5.69 Å². The molecule has 0 heterocycles. The lowest BCUT2D eigenvalue weighted by molar-refractivity contribution is -0.139. The minimum Gasteiger partial charge on any atom is -0.496 e. The third-order valence-corrected chi connectivity index (χ3v) is 5.73. The highest BCUT2D eigenvalue weighted by molar-refractivity contribution is 8.00. The summed E-state index contributed by atoms with van der Waals surface area (Å²) in [4.78, 5) is 38.3. The molecule has 3 rings (SSSR count). The molecule has 2 amide bonds. The Balaban J connectivity index is 1.78. The molecule has 0 aromatic heterocycles. The molecule has 7 nitrogen and oxygen atoms in total. The fraction of sp³-hybridized carbons (Fsp3) is 0.148. The number of nitrogens with one attached hydrogen (secondary N) is 2. The monoisotopic (exact) mass is 490 g/mol. The Morgan fingerprint density at radius 2 is 1.60 bits per heavy atom. The lowest BCUT2D eigenvalue weighted by Crippen LogP contribution is -2.30. The highest BCUT2D eigenvalue weighted by Crippen LogP contribution is 2.22. The van der Waals surface area contributed by atoms with E-state index in [1.807, 2.05) is 18.2 Å². The van der Waals surface area contributed by atoms with Gasteiger partial charge >= 0.3 is 5.97 Å². The molecule has 180 valence electrons. The van der Waals surface area contributed by atoms with Crippen LogP contribution in [0.5, 0.6) is 5.75 Å². The number of hydrogen-bond acceptors (Lipinski definition) is 6. The van der Waals surface area contributed by atoms with Crippen molar-refractivity contribution in [2.75, 3.05) is 24.8 Å². The number of amides is 2. The zero-order valence-corrected chi connectivity index (χ0v) is 20.3. The van der Waals surface area contributed by atoms with E-state index in [0.717, 1.165) is 4.90 Å². The molecule has 0 radical (unpaired) electrons. The van der Waals surface area contributed by atoms with Crippen molar-refractivity contribution in [3.63, 3.8) is 0 Å². The second kappa shape index (κ2) is 13.0. The predicted molar refractivity (Wildman–Crippen MR) is 137 cm³/mol. The average molecular weight is 491 g/mol.